The fourth-order valence-corrected chi connectivity index (χ4v) is 4.47. The molecule has 0 aliphatic carbocycles. The summed E-state index contributed by atoms with van der Waals surface area (Å²) in [7, 11) is 1.65. The molecule has 0 bridgehead atoms. The normalized spacial score (nSPS) is 15.8. The predicted octanol–water partition coefficient (Wildman–Crippen LogP) is 4.57. The number of carbonyl (C=O) groups excluding carboxylic acids is 1. The van der Waals surface area contributed by atoms with E-state index in [0.717, 1.165) is 47.0 Å². The van der Waals surface area contributed by atoms with Crippen molar-refractivity contribution in [3.8, 4) is 16.3 Å². The van der Waals surface area contributed by atoms with Gasteiger partial charge in [-0.15, -0.1) is 11.3 Å². The van der Waals surface area contributed by atoms with Crippen LogP contribution >= 0.6 is 11.3 Å². The molecule has 1 atom stereocenters. The van der Waals surface area contributed by atoms with Crippen molar-refractivity contribution in [1.29, 1.82) is 0 Å². The molecular weight excluding hydrogens is 396 g/mol. The predicted molar refractivity (Wildman–Crippen MR) is 119 cm³/mol. The number of aromatic nitrogens is 1. The summed E-state index contributed by atoms with van der Waals surface area (Å²) in [4.78, 5) is 19.8. The van der Waals surface area contributed by atoms with Gasteiger partial charge < -0.3 is 14.4 Å². The second kappa shape index (κ2) is 9.87. The molecule has 6 heteroatoms. The number of methoxy groups -OCH3 is 1. The van der Waals surface area contributed by atoms with Crippen molar-refractivity contribution in [3.05, 3.63) is 71.2 Å². The Hall–Kier alpha value is -2.70. The molecule has 1 saturated heterocycles. The van der Waals surface area contributed by atoms with Gasteiger partial charge in [-0.05, 0) is 30.5 Å². The van der Waals surface area contributed by atoms with Crippen LogP contribution in [-0.4, -0.2) is 42.2 Å². The van der Waals surface area contributed by atoms with Crippen LogP contribution in [0.3, 0.4) is 0 Å². The van der Waals surface area contributed by atoms with Crippen molar-refractivity contribution in [2.45, 2.75) is 31.9 Å². The smallest absolute Gasteiger partial charge is 0.229 e. The third-order valence-corrected chi connectivity index (χ3v) is 6.15. The van der Waals surface area contributed by atoms with Crippen molar-refractivity contribution in [2.75, 3.05) is 20.3 Å². The first-order chi connectivity index (χ1) is 14.7. The van der Waals surface area contributed by atoms with Gasteiger partial charge in [-0.2, -0.15) is 0 Å². The molecule has 5 nitrogen and oxygen atoms in total. The monoisotopic (exact) mass is 422 g/mol. The maximum atomic E-state index is 13.2. The minimum Gasteiger partial charge on any atom is -0.497 e. The maximum absolute atomic E-state index is 13.2. The van der Waals surface area contributed by atoms with E-state index in [1.165, 1.54) is 0 Å². The molecule has 1 unspecified atom stereocenters. The molecule has 2 heterocycles. The molecule has 0 N–H and O–H groups in total. The highest BCUT2D eigenvalue weighted by Gasteiger charge is 2.23. The molecule has 1 aliphatic heterocycles. The minimum atomic E-state index is 0.0678. The lowest BCUT2D eigenvalue weighted by molar-refractivity contribution is -0.132. The molecule has 1 fully saturated rings. The zero-order chi connectivity index (χ0) is 20.8. The lowest BCUT2D eigenvalue weighted by Crippen LogP contribution is -2.37. The molecule has 4 rings (SSSR count). The average molecular weight is 423 g/mol. The maximum Gasteiger partial charge on any atom is 0.229 e. The van der Waals surface area contributed by atoms with Gasteiger partial charge in [0.2, 0.25) is 5.91 Å². The number of thiazole rings is 1. The Morgan fingerprint density at radius 3 is 2.87 bits per heavy atom. The summed E-state index contributed by atoms with van der Waals surface area (Å²) in [5.74, 6) is 0.863. The molecule has 0 saturated carbocycles. The molecule has 156 valence electrons. The second-order valence-electron chi connectivity index (χ2n) is 7.45. The zero-order valence-electron chi connectivity index (χ0n) is 17.1. The molecule has 1 aromatic heterocycles. The topological polar surface area (TPSA) is 51.7 Å². The Bertz CT molecular complexity index is 967. The molecule has 1 aliphatic rings. The van der Waals surface area contributed by atoms with Crippen LogP contribution in [0.2, 0.25) is 0 Å². The van der Waals surface area contributed by atoms with Gasteiger partial charge in [0.05, 0.1) is 25.3 Å². The lowest BCUT2D eigenvalue weighted by atomic mass is 10.1. The van der Waals surface area contributed by atoms with Gasteiger partial charge in [0.15, 0.2) is 0 Å². The summed E-state index contributed by atoms with van der Waals surface area (Å²) in [6.07, 6.45) is 2.45. The van der Waals surface area contributed by atoms with E-state index in [1.807, 2.05) is 64.9 Å². The Kier molecular flexibility index (Phi) is 6.77. The lowest BCUT2D eigenvalue weighted by Gasteiger charge is -2.25. The van der Waals surface area contributed by atoms with Gasteiger partial charge in [0.1, 0.15) is 10.8 Å². The average Bonchev–Trinajstić information content (AvgIpc) is 3.46. The van der Waals surface area contributed by atoms with Crippen molar-refractivity contribution in [2.24, 2.45) is 0 Å². The van der Waals surface area contributed by atoms with Crippen LogP contribution in [0.4, 0.5) is 0 Å². The molecule has 2 aromatic carbocycles. The molecular formula is C24H26N2O3S. The first kappa shape index (κ1) is 20.6. The molecule has 1 amide bonds. The highest BCUT2D eigenvalue weighted by Crippen LogP contribution is 2.24. The first-order valence-corrected chi connectivity index (χ1v) is 11.1. The largest absolute Gasteiger partial charge is 0.497 e. The van der Waals surface area contributed by atoms with E-state index in [1.54, 1.807) is 18.4 Å². The number of nitrogens with zero attached hydrogens (tertiary/aromatic N) is 2. The number of hydrogen-bond acceptors (Lipinski definition) is 5. The van der Waals surface area contributed by atoms with Crippen LogP contribution in [0.1, 0.15) is 24.1 Å². The quantitative estimate of drug-likeness (QED) is 0.534. The Balaban J connectivity index is 1.48. The molecule has 30 heavy (non-hydrogen) atoms. The zero-order valence-corrected chi connectivity index (χ0v) is 17.9. The second-order valence-corrected chi connectivity index (χ2v) is 8.31. The van der Waals surface area contributed by atoms with E-state index < -0.39 is 0 Å². The van der Waals surface area contributed by atoms with E-state index in [0.29, 0.717) is 19.5 Å². The minimum absolute atomic E-state index is 0.0678. The summed E-state index contributed by atoms with van der Waals surface area (Å²) < 4.78 is 11.1. The fourth-order valence-electron chi connectivity index (χ4n) is 3.65. The van der Waals surface area contributed by atoms with E-state index in [9.17, 15) is 4.79 Å². The summed E-state index contributed by atoms with van der Waals surface area (Å²) >= 11 is 1.58. The Morgan fingerprint density at radius 2 is 2.10 bits per heavy atom. The van der Waals surface area contributed by atoms with E-state index >= 15 is 0 Å². The van der Waals surface area contributed by atoms with Gasteiger partial charge in [-0.1, -0.05) is 42.5 Å². The third kappa shape index (κ3) is 5.26. The number of ether oxygens (including phenoxy) is 2. The highest BCUT2D eigenvalue weighted by molar-refractivity contribution is 7.13. The Morgan fingerprint density at radius 1 is 1.23 bits per heavy atom. The van der Waals surface area contributed by atoms with Gasteiger partial charge in [0, 0.05) is 30.6 Å². The first-order valence-electron chi connectivity index (χ1n) is 10.2. The van der Waals surface area contributed by atoms with Crippen LogP contribution in [0.15, 0.2) is 60.0 Å². The number of carbonyl (C=O) groups is 1. The number of benzene rings is 2. The number of hydrogen-bond donors (Lipinski definition) is 0. The van der Waals surface area contributed by atoms with Crippen LogP contribution in [-0.2, 0) is 22.5 Å². The third-order valence-electron chi connectivity index (χ3n) is 5.21. The fraction of sp³-hybridized carbons (Fsp3) is 0.333. The summed E-state index contributed by atoms with van der Waals surface area (Å²) in [6, 6.07) is 17.9. The standard InChI is InChI=1S/C24H26N2O3S/c1-28-21-10-5-7-18(13-21)15-26(16-22-11-6-12-29-22)23(27)14-20-17-30-24(25-20)19-8-3-2-4-9-19/h2-5,7-10,13,17,22H,6,11-12,14-16H2,1H3. The van der Waals surface area contributed by atoms with E-state index in [2.05, 4.69) is 4.98 Å². The van der Waals surface area contributed by atoms with Crippen molar-refractivity contribution in [1.82, 2.24) is 9.88 Å². The van der Waals surface area contributed by atoms with Gasteiger partial charge in [0.25, 0.3) is 0 Å². The number of amides is 1. The van der Waals surface area contributed by atoms with Crippen molar-refractivity contribution >= 4 is 17.2 Å². The van der Waals surface area contributed by atoms with Gasteiger partial charge >= 0.3 is 0 Å². The molecule has 0 radical (unpaired) electrons. The SMILES string of the molecule is COc1cccc(CN(CC2CCCO2)C(=O)Cc2csc(-c3ccccc3)n2)c1. The van der Waals surface area contributed by atoms with Crippen molar-refractivity contribution < 1.29 is 14.3 Å². The van der Waals surface area contributed by atoms with Crippen LogP contribution in [0.5, 0.6) is 5.75 Å². The van der Waals surface area contributed by atoms with E-state index in [-0.39, 0.29) is 12.0 Å². The van der Waals surface area contributed by atoms with Crippen LogP contribution in [0.25, 0.3) is 10.6 Å². The summed E-state index contributed by atoms with van der Waals surface area (Å²) in [6.45, 7) is 1.91. The van der Waals surface area contributed by atoms with Crippen molar-refractivity contribution in [3.63, 3.8) is 0 Å². The highest BCUT2D eigenvalue weighted by atomic mass is 32.1. The van der Waals surface area contributed by atoms with E-state index in [4.69, 9.17) is 9.47 Å². The summed E-state index contributed by atoms with van der Waals surface area (Å²) in [5.41, 5.74) is 2.93. The Labute approximate surface area is 181 Å². The molecule has 3 aromatic rings. The molecule has 0 spiro atoms. The van der Waals surface area contributed by atoms with Crippen LogP contribution in [0, 0.1) is 0 Å². The number of rotatable bonds is 8. The summed E-state index contributed by atoms with van der Waals surface area (Å²) in [5, 5.41) is 2.92. The van der Waals surface area contributed by atoms with Crippen LogP contribution < -0.4 is 4.74 Å². The van der Waals surface area contributed by atoms with Gasteiger partial charge in [-0.25, -0.2) is 4.98 Å². The van der Waals surface area contributed by atoms with Gasteiger partial charge in [-0.3, -0.25) is 4.79 Å².